The highest BCUT2D eigenvalue weighted by Crippen LogP contribution is 2.27. The van der Waals surface area contributed by atoms with Crippen molar-refractivity contribution in [2.45, 2.75) is 11.8 Å². The number of nitrogens with two attached hydrogens (primary N) is 1. The largest absolute Gasteiger partial charge is 0.398 e. The Morgan fingerprint density at radius 2 is 1.79 bits per heavy atom. The van der Waals surface area contributed by atoms with Crippen LogP contribution in [0, 0.1) is 6.92 Å². The second-order valence-electron chi connectivity index (χ2n) is 4.75. The smallest absolute Gasteiger partial charge is 0.242 e. The number of hydrogen-bond donors (Lipinski definition) is 1. The molecule has 0 aliphatic rings. The molecule has 0 spiro atoms. The molecular weight excluding hydrogens is 286 g/mol. The molecule has 19 heavy (non-hydrogen) atoms. The van der Waals surface area contributed by atoms with Crippen LogP contribution in [0.4, 0.5) is 5.69 Å². The number of nitrogens with zero attached hydrogens (tertiary/aromatic N) is 2. The number of rotatable bonds is 5. The number of halogens is 1. The number of likely N-dealkylation sites (N-methyl/N-ethyl adjacent to an activating group) is 2. The molecule has 0 heterocycles. The van der Waals surface area contributed by atoms with Crippen molar-refractivity contribution in [3.8, 4) is 0 Å². The molecule has 7 heteroatoms. The maximum atomic E-state index is 12.4. The summed E-state index contributed by atoms with van der Waals surface area (Å²) in [5.41, 5.74) is 6.84. The van der Waals surface area contributed by atoms with Crippen LogP contribution in [0.3, 0.4) is 0 Å². The van der Waals surface area contributed by atoms with E-state index in [1.807, 2.05) is 19.0 Å². The van der Waals surface area contributed by atoms with Crippen LogP contribution < -0.4 is 5.73 Å². The summed E-state index contributed by atoms with van der Waals surface area (Å²) in [4.78, 5) is 2.05. The molecule has 0 fully saturated rings. The summed E-state index contributed by atoms with van der Waals surface area (Å²) in [7, 11) is 1.77. The van der Waals surface area contributed by atoms with E-state index >= 15 is 0 Å². The van der Waals surface area contributed by atoms with Crippen LogP contribution in [0.5, 0.6) is 0 Å². The molecule has 0 bridgehead atoms. The Hall–Kier alpha value is -0.820. The Labute approximate surface area is 120 Å². The standard InChI is InChI=1S/C12H20ClN3O2S/c1-9-11(13)7-10(8-12(9)14)19(17,18)16(4)6-5-15(2)3/h7-8H,5-6,14H2,1-4H3. The monoisotopic (exact) mass is 305 g/mol. The lowest BCUT2D eigenvalue weighted by Gasteiger charge is -2.20. The van der Waals surface area contributed by atoms with Gasteiger partial charge in [0.15, 0.2) is 0 Å². The van der Waals surface area contributed by atoms with Crippen molar-refractivity contribution in [2.75, 3.05) is 40.0 Å². The van der Waals surface area contributed by atoms with E-state index in [-0.39, 0.29) is 4.90 Å². The van der Waals surface area contributed by atoms with Crippen LogP contribution in [0.25, 0.3) is 0 Å². The minimum absolute atomic E-state index is 0.127. The maximum absolute atomic E-state index is 12.4. The van der Waals surface area contributed by atoms with Gasteiger partial charge in [0, 0.05) is 30.8 Å². The predicted octanol–water partition coefficient (Wildman–Crippen LogP) is 1.41. The molecule has 0 aromatic heterocycles. The van der Waals surface area contributed by atoms with Crippen molar-refractivity contribution in [1.82, 2.24) is 9.21 Å². The molecule has 1 aromatic carbocycles. The number of anilines is 1. The van der Waals surface area contributed by atoms with E-state index in [2.05, 4.69) is 0 Å². The van der Waals surface area contributed by atoms with Gasteiger partial charge in [-0.2, -0.15) is 4.31 Å². The topological polar surface area (TPSA) is 66.6 Å². The first-order valence-electron chi connectivity index (χ1n) is 5.83. The Morgan fingerprint density at radius 3 is 2.26 bits per heavy atom. The molecule has 108 valence electrons. The van der Waals surface area contributed by atoms with Crippen LogP contribution in [0.15, 0.2) is 17.0 Å². The molecule has 0 amide bonds. The van der Waals surface area contributed by atoms with E-state index in [0.29, 0.717) is 29.4 Å². The number of nitrogen functional groups attached to an aromatic ring is 1. The van der Waals surface area contributed by atoms with E-state index in [1.165, 1.54) is 16.4 Å². The summed E-state index contributed by atoms with van der Waals surface area (Å²) in [6, 6.07) is 2.89. The Bertz CT molecular complexity index is 535. The lowest BCUT2D eigenvalue weighted by atomic mass is 10.2. The molecule has 5 nitrogen and oxygen atoms in total. The van der Waals surface area contributed by atoms with Crippen LogP contribution in [-0.2, 0) is 10.0 Å². The summed E-state index contributed by atoms with van der Waals surface area (Å²) in [5.74, 6) is 0. The van der Waals surface area contributed by atoms with E-state index in [1.54, 1.807) is 14.0 Å². The van der Waals surface area contributed by atoms with Crippen molar-refractivity contribution < 1.29 is 8.42 Å². The highest BCUT2D eigenvalue weighted by Gasteiger charge is 2.22. The van der Waals surface area contributed by atoms with Gasteiger partial charge in [0.05, 0.1) is 4.90 Å². The minimum atomic E-state index is -3.55. The van der Waals surface area contributed by atoms with E-state index in [0.717, 1.165) is 0 Å². The molecular formula is C12H20ClN3O2S. The fourth-order valence-corrected chi connectivity index (χ4v) is 2.98. The summed E-state index contributed by atoms with van der Waals surface area (Å²) in [6.45, 7) is 2.80. The lowest BCUT2D eigenvalue weighted by molar-refractivity contribution is 0.358. The van der Waals surface area contributed by atoms with Gasteiger partial charge in [-0.3, -0.25) is 0 Å². The SMILES string of the molecule is Cc1c(N)cc(S(=O)(=O)N(C)CCN(C)C)cc1Cl. The molecule has 0 unspecified atom stereocenters. The average Bonchev–Trinajstić information content (AvgIpc) is 2.31. The van der Waals surface area contributed by atoms with E-state index in [4.69, 9.17) is 17.3 Å². The molecule has 0 atom stereocenters. The third kappa shape index (κ3) is 3.82. The molecule has 0 saturated carbocycles. The first kappa shape index (κ1) is 16.2. The molecule has 0 radical (unpaired) electrons. The molecule has 0 aliphatic heterocycles. The summed E-state index contributed by atoms with van der Waals surface area (Å²) in [5, 5.41) is 0.361. The second kappa shape index (κ2) is 6.09. The Balaban J connectivity index is 3.07. The van der Waals surface area contributed by atoms with Crippen molar-refractivity contribution in [3.05, 3.63) is 22.7 Å². The third-order valence-electron chi connectivity index (χ3n) is 2.93. The van der Waals surface area contributed by atoms with Crippen LogP contribution in [0.1, 0.15) is 5.56 Å². The molecule has 2 N–H and O–H groups in total. The first-order valence-corrected chi connectivity index (χ1v) is 7.64. The zero-order chi connectivity index (χ0) is 14.8. The van der Waals surface area contributed by atoms with E-state index < -0.39 is 10.0 Å². The van der Waals surface area contributed by atoms with Gasteiger partial charge in [0.1, 0.15) is 0 Å². The lowest BCUT2D eigenvalue weighted by Crippen LogP contribution is -2.33. The summed E-state index contributed by atoms with van der Waals surface area (Å²) in [6.07, 6.45) is 0. The van der Waals surface area contributed by atoms with Gasteiger partial charge in [-0.15, -0.1) is 0 Å². The maximum Gasteiger partial charge on any atom is 0.242 e. The van der Waals surface area contributed by atoms with Crippen molar-refractivity contribution in [3.63, 3.8) is 0 Å². The van der Waals surface area contributed by atoms with E-state index in [9.17, 15) is 8.42 Å². The van der Waals surface area contributed by atoms with Crippen molar-refractivity contribution in [1.29, 1.82) is 0 Å². The van der Waals surface area contributed by atoms with Crippen LogP contribution >= 0.6 is 11.6 Å². The highest BCUT2D eigenvalue weighted by atomic mass is 35.5. The normalized spacial score (nSPS) is 12.4. The van der Waals surface area contributed by atoms with Gasteiger partial charge in [0.2, 0.25) is 10.0 Å². The average molecular weight is 306 g/mol. The van der Waals surface area contributed by atoms with Crippen LogP contribution in [0.2, 0.25) is 5.02 Å². The quantitative estimate of drug-likeness (QED) is 0.835. The molecule has 1 rings (SSSR count). The van der Waals surface area contributed by atoms with Crippen molar-refractivity contribution >= 4 is 27.3 Å². The fraction of sp³-hybridized carbons (Fsp3) is 0.500. The predicted molar refractivity (Wildman–Crippen MR) is 79.0 cm³/mol. The molecule has 1 aromatic rings. The minimum Gasteiger partial charge on any atom is -0.398 e. The van der Waals surface area contributed by atoms with Gasteiger partial charge in [-0.1, -0.05) is 11.6 Å². The first-order chi connectivity index (χ1) is 8.66. The number of sulfonamides is 1. The number of hydrogen-bond acceptors (Lipinski definition) is 4. The highest BCUT2D eigenvalue weighted by molar-refractivity contribution is 7.89. The number of benzene rings is 1. The van der Waals surface area contributed by atoms with Gasteiger partial charge in [-0.25, -0.2) is 8.42 Å². The molecule has 0 aliphatic carbocycles. The van der Waals surface area contributed by atoms with Gasteiger partial charge >= 0.3 is 0 Å². The van der Waals surface area contributed by atoms with Gasteiger partial charge in [-0.05, 0) is 38.7 Å². The van der Waals surface area contributed by atoms with Gasteiger partial charge < -0.3 is 10.6 Å². The molecule has 0 saturated heterocycles. The Morgan fingerprint density at radius 1 is 1.21 bits per heavy atom. The zero-order valence-electron chi connectivity index (χ0n) is 11.6. The van der Waals surface area contributed by atoms with Crippen molar-refractivity contribution in [2.24, 2.45) is 0 Å². The second-order valence-corrected chi connectivity index (χ2v) is 7.20. The third-order valence-corrected chi connectivity index (χ3v) is 5.16. The van der Waals surface area contributed by atoms with Gasteiger partial charge in [0.25, 0.3) is 0 Å². The van der Waals surface area contributed by atoms with Crippen LogP contribution in [-0.4, -0.2) is 51.9 Å². The summed E-state index contributed by atoms with van der Waals surface area (Å²) >= 11 is 5.99. The summed E-state index contributed by atoms with van der Waals surface area (Å²) < 4.78 is 26.0. The zero-order valence-corrected chi connectivity index (χ0v) is 13.2. The Kier molecular flexibility index (Phi) is 5.20. The fourth-order valence-electron chi connectivity index (χ4n) is 1.46.